The Morgan fingerprint density at radius 1 is 1.09 bits per heavy atom. The number of hydrogen-bond donors (Lipinski definition) is 1. The predicted octanol–water partition coefficient (Wildman–Crippen LogP) is 3.48. The minimum atomic E-state index is -0.962. The summed E-state index contributed by atoms with van der Waals surface area (Å²) in [7, 11) is 0. The molecule has 1 N–H and O–H groups in total. The van der Waals surface area contributed by atoms with Crippen molar-refractivity contribution < 1.29 is 32.6 Å². The molecule has 0 atom stereocenters. The molecule has 2 aliphatic rings. The first-order chi connectivity index (χ1) is 15.4. The van der Waals surface area contributed by atoms with E-state index in [1.807, 2.05) is 0 Å². The maximum Gasteiger partial charge on any atom is 0.293 e. The van der Waals surface area contributed by atoms with Crippen molar-refractivity contribution in [3.8, 4) is 11.5 Å². The third kappa shape index (κ3) is 4.91. The van der Waals surface area contributed by atoms with E-state index < -0.39 is 22.8 Å². The van der Waals surface area contributed by atoms with Crippen molar-refractivity contribution in [3.05, 3.63) is 64.1 Å². The number of nitrogens with zero attached hydrogens (tertiary/aromatic N) is 1. The van der Waals surface area contributed by atoms with Crippen LogP contribution < -0.4 is 14.8 Å². The van der Waals surface area contributed by atoms with Gasteiger partial charge in [0.05, 0.1) is 4.91 Å². The minimum Gasteiger partial charge on any atom is -0.454 e. The van der Waals surface area contributed by atoms with Gasteiger partial charge in [0.25, 0.3) is 11.1 Å². The van der Waals surface area contributed by atoms with Crippen molar-refractivity contribution in [2.24, 2.45) is 0 Å². The van der Waals surface area contributed by atoms with Crippen LogP contribution in [0.3, 0.4) is 0 Å². The summed E-state index contributed by atoms with van der Waals surface area (Å²) < 4.78 is 36.7. The van der Waals surface area contributed by atoms with Crippen molar-refractivity contribution >= 4 is 34.9 Å². The van der Waals surface area contributed by atoms with E-state index >= 15 is 0 Å². The summed E-state index contributed by atoms with van der Waals surface area (Å²) in [6, 6.07) is 8.69. The van der Waals surface area contributed by atoms with Gasteiger partial charge in [-0.1, -0.05) is 12.1 Å². The number of hydrogen-bond acceptors (Lipinski definition) is 6. The van der Waals surface area contributed by atoms with Crippen LogP contribution in [0.15, 0.2) is 41.3 Å². The largest absolute Gasteiger partial charge is 0.454 e. The second kappa shape index (κ2) is 9.39. The van der Waals surface area contributed by atoms with Gasteiger partial charge in [-0.3, -0.25) is 19.3 Å². The highest BCUT2D eigenvalue weighted by Gasteiger charge is 2.34. The lowest BCUT2D eigenvalue weighted by molar-refractivity contribution is -0.124. The zero-order valence-corrected chi connectivity index (χ0v) is 17.5. The first-order valence-electron chi connectivity index (χ1n) is 9.76. The Morgan fingerprint density at radius 3 is 2.72 bits per heavy atom. The quantitative estimate of drug-likeness (QED) is 0.637. The summed E-state index contributed by atoms with van der Waals surface area (Å²) in [4.78, 5) is 38.1. The fourth-order valence-electron chi connectivity index (χ4n) is 3.20. The first-order valence-corrected chi connectivity index (χ1v) is 10.6. The van der Waals surface area contributed by atoms with Crippen molar-refractivity contribution in [1.82, 2.24) is 10.2 Å². The lowest BCUT2D eigenvalue weighted by atomic mass is 10.1. The van der Waals surface area contributed by atoms with Crippen LogP contribution in [0.1, 0.15) is 17.5 Å². The van der Waals surface area contributed by atoms with Crippen molar-refractivity contribution in [2.45, 2.75) is 12.8 Å². The van der Waals surface area contributed by atoms with Gasteiger partial charge >= 0.3 is 0 Å². The molecule has 0 radical (unpaired) electrons. The van der Waals surface area contributed by atoms with Crippen LogP contribution in [-0.2, 0) is 16.0 Å². The number of nitrogens with one attached hydrogen (secondary N) is 1. The van der Waals surface area contributed by atoms with Gasteiger partial charge in [-0.25, -0.2) is 8.78 Å². The number of aryl methyl sites for hydroxylation is 1. The van der Waals surface area contributed by atoms with E-state index in [9.17, 15) is 23.2 Å². The number of carbonyl (C=O) groups is 3. The molecule has 2 heterocycles. The fourth-order valence-corrected chi connectivity index (χ4v) is 4.06. The van der Waals surface area contributed by atoms with E-state index in [1.54, 1.807) is 24.3 Å². The topological polar surface area (TPSA) is 84.9 Å². The molecule has 1 saturated heterocycles. The van der Waals surface area contributed by atoms with E-state index in [4.69, 9.17) is 9.47 Å². The average molecular weight is 460 g/mol. The summed E-state index contributed by atoms with van der Waals surface area (Å²) in [6.07, 6.45) is 1.91. The third-order valence-corrected chi connectivity index (χ3v) is 5.76. The van der Waals surface area contributed by atoms with Crippen molar-refractivity contribution in [1.29, 1.82) is 0 Å². The number of ether oxygens (including phenoxy) is 2. The molecule has 166 valence electrons. The van der Waals surface area contributed by atoms with Crippen LogP contribution in [0.4, 0.5) is 13.6 Å². The molecule has 2 aromatic rings. The summed E-state index contributed by atoms with van der Waals surface area (Å²) in [5.41, 5.74) is 1.20. The van der Waals surface area contributed by atoms with E-state index in [2.05, 4.69) is 5.32 Å². The van der Waals surface area contributed by atoms with Crippen LogP contribution in [0.2, 0.25) is 0 Å². The molecule has 3 amide bonds. The Morgan fingerprint density at radius 2 is 1.91 bits per heavy atom. The van der Waals surface area contributed by atoms with Crippen molar-refractivity contribution in [2.75, 3.05) is 19.9 Å². The van der Waals surface area contributed by atoms with Gasteiger partial charge in [0, 0.05) is 19.5 Å². The highest BCUT2D eigenvalue weighted by atomic mass is 32.2. The van der Waals surface area contributed by atoms with Crippen LogP contribution in [0, 0.1) is 11.6 Å². The van der Waals surface area contributed by atoms with E-state index in [-0.39, 0.29) is 43.5 Å². The molecule has 4 rings (SSSR count). The average Bonchev–Trinajstić information content (AvgIpc) is 3.34. The SMILES string of the molecule is O=C(CCc1ccc(F)c(F)c1)NCCN1C(=O)S/C(=C\c2ccc3c(c2)OCO3)C1=O. The van der Waals surface area contributed by atoms with Gasteiger partial charge < -0.3 is 14.8 Å². The number of imide groups is 1. The van der Waals surface area contributed by atoms with Gasteiger partial charge in [-0.05, 0) is 59.7 Å². The fraction of sp³-hybridized carbons (Fsp3) is 0.227. The number of halogens is 2. The minimum absolute atomic E-state index is 0.0278. The molecule has 0 bridgehead atoms. The lowest BCUT2D eigenvalue weighted by Crippen LogP contribution is -2.37. The van der Waals surface area contributed by atoms with Crippen LogP contribution in [-0.4, -0.2) is 41.8 Å². The van der Waals surface area contributed by atoms with Gasteiger partial charge in [0.2, 0.25) is 12.7 Å². The summed E-state index contributed by atoms with van der Waals surface area (Å²) >= 11 is 0.826. The van der Waals surface area contributed by atoms with Gasteiger partial charge in [0.15, 0.2) is 23.1 Å². The second-order valence-electron chi connectivity index (χ2n) is 7.04. The highest BCUT2D eigenvalue weighted by Crippen LogP contribution is 2.36. The monoisotopic (exact) mass is 460 g/mol. The van der Waals surface area contributed by atoms with E-state index in [0.29, 0.717) is 22.6 Å². The second-order valence-corrected chi connectivity index (χ2v) is 8.04. The van der Waals surface area contributed by atoms with Gasteiger partial charge in [-0.15, -0.1) is 0 Å². The first kappa shape index (κ1) is 21.8. The Balaban J connectivity index is 1.27. The number of amides is 3. The molecule has 2 aliphatic heterocycles. The van der Waals surface area contributed by atoms with Crippen LogP contribution >= 0.6 is 11.8 Å². The molecule has 32 heavy (non-hydrogen) atoms. The Hall–Kier alpha value is -3.40. The predicted molar refractivity (Wildman–Crippen MR) is 113 cm³/mol. The number of benzene rings is 2. The van der Waals surface area contributed by atoms with Crippen molar-refractivity contribution in [3.63, 3.8) is 0 Å². The summed E-state index contributed by atoms with van der Waals surface area (Å²) in [6.45, 7) is 0.258. The molecule has 10 heteroatoms. The molecule has 0 aromatic heterocycles. The smallest absolute Gasteiger partial charge is 0.293 e. The van der Waals surface area contributed by atoms with Gasteiger partial charge in [0.1, 0.15) is 0 Å². The van der Waals surface area contributed by atoms with E-state index in [1.165, 1.54) is 6.07 Å². The standard InChI is InChI=1S/C22H18F2N2O5S/c23-15-4-1-13(9-16(15)24)3-6-20(27)25-7-8-26-21(28)19(32-22(26)29)11-14-2-5-17-18(10-14)31-12-30-17/h1-2,4-5,9-11H,3,6-8,12H2,(H,25,27)/b19-11-. The molecule has 0 unspecified atom stereocenters. The number of thioether (sulfide) groups is 1. The molecule has 7 nitrogen and oxygen atoms in total. The Labute approximate surface area is 186 Å². The molecule has 2 aromatic carbocycles. The van der Waals surface area contributed by atoms with Gasteiger partial charge in [-0.2, -0.15) is 0 Å². The highest BCUT2D eigenvalue weighted by molar-refractivity contribution is 8.18. The Bertz CT molecular complexity index is 1120. The zero-order valence-electron chi connectivity index (χ0n) is 16.7. The maximum atomic E-state index is 13.2. The molecule has 0 saturated carbocycles. The lowest BCUT2D eigenvalue weighted by Gasteiger charge is -2.13. The molecular weight excluding hydrogens is 442 g/mol. The Kier molecular flexibility index (Phi) is 6.40. The molecule has 1 fully saturated rings. The molecule has 0 aliphatic carbocycles. The zero-order chi connectivity index (χ0) is 22.7. The summed E-state index contributed by atoms with van der Waals surface area (Å²) in [5.74, 6) is -1.47. The maximum absolute atomic E-state index is 13.2. The molecular formula is C22H18F2N2O5S. The summed E-state index contributed by atoms with van der Waals surface area (Å²) in [5, 5.41) is 2.21. The normalized spacial score (nSPS) is 16.2. The van der Waals surface area contributed by atoms with Crippen LogP contribution in [0.5, 0.6) is 11.5 Å². The van der Waals surface area contributed by atoms with Crippen LogP contribution in [0.25, 0.3) is 6.08 Å². The number of carbonyl (C=O) groups excluding carboxylic acids is 3. The molecule has 0 spiro atoms. The third-order valence-electron chi connectivity index (χ3n) is 4.85. The number of rotatable bonds is 7. The number of fused-ring (bicyclic) bond motifs is 1. The van der Waals surface area contributed by atoms with E-state index in [0.717, 1.165) is 28.8 Å².